The minimum atomic E-state index is -0.382. The minimum absolute atomic E-state index is 0.144. The molecule has 0 unspecified atom stereocenters. The van der Waals surface area contributed by atoms with Crippen LogP contribution < -0.4 is 5.73 Å². The maximum absolute atomic E-state index is 11.5. The van der Waals surface area contributed by atoms with E-state index in [1.165, 1.54) is 7.11 Å². The van der Waals surface area contributed by atoms with Crippen LogP contribution in [0.15, 0.2) is 0 Å². The van der Waals surface area contributed by atoms with Crippen LogP contribution in [0.5, 0.6) is 0 Å². The maximum Gasteiger partial charge on any atom is 0.313 e. The van der Waals surface area contributed by atoms with E-state index in [0.29, 0.717) is 12.5 Å². The second-order valence-electron chi connectivity index (χ2n) is 4.97. The van der Waals surface area contributed by atoms with Crippen LogP contribution in [0.25, 0.3) is 0 Å². The number of ether oxygens (including phenoxy) is 1. The van der Waals surface area contributed by atoms with Crippen molar-refractivity contribution in [2.24, 2.45) is 22.5 Å². The Morgan fingerprint density at radius 2 is 2.15 bits per heavy atom. The lowest BCUT2D eigenvalue weighted by Gasteiger charge is -2.22. The van der Waals surface area contributed by atoms with E-state index >= 15 is 0 Å². The van der Waals surface area contributed by atoms with E-state index in [0.717, 1.165) is 6.42 Å². The van der Waals surface area contributed by atoms with Gasteiger partial charge in [0.2, 0.25) is 0 Å². The lowest BCUT2D eigenvalue weighted by atomic mass is 9.84. The Balaban J connectivity index is 2.75. The highest BCUT2D eigenvalue weighted by atomic mass is 16.5. The van der Waals surface area contributed by atoms with Crippen LogP contribution in [-0.2, 0) is 9.53 Å². The number of carbonyl (C=O) groups is 1. The molecule has 2 N–H and O–H groups in total. The predicted octanol–water partition coefficient (Wildman–Crippen LogP) is 1.17. The molecule has 1 aliphatic carbocycles. The molecule has 0 heterocycles. The van der Waals surface area contributed by atoms with Crippen LogP contribution in [0.2, 0.25) is 0 Å². The first-order valence-corrected chi connectivity index (χ1v) is 4.67. The topological polar surface area (TPSA) is 52.3 Å². The lowest BCUT2D eigenvalue weighted by Crippen LogP contribution is -2.31. The van der Waals surface area contributed by atoms with Gasteiger partial charge in [0.1, 0.15) is 0 Å². The monoisotopic (exact) mass is 185 g/mol. The summed E-state index contributed by atoms with van der Waals surface area (Å²) in [7, 11) is 1.43. The van der Waals surface area contributed by atoms with Crippen molar-refractivity contribution < 1.29 is 9.53 Å². The van der Waals surface area contributed by atoms with Gasteiger partial charge in [-0.2, -0.15) is 0 Å². The second kappa shape index (κ2) is 2.98. The molecule has 0 amide bonds. The van der Waals surface area contributed by atoms with Crippen LogP contribution in [0.4, 0.5) is 0 Å². The first-order chi connectivity index (χ1) is 5.88. The molecule has 3 heteroatoms. The third-order valence-corrected chi connectivity index (χ3v) is 3.08. The van der Waals surface area contributed by atoms with Crippen molar-refractivity contribution in [3.05, 3.63) is 0 Å². The summed E-state index contributed by atoms with van der Waals surface area (Å²) in [6.45, 7) is 6.82. The van der Waals surface area contributed by atoms with Gasteiger partial charge in [-0.05, 0) is 17.8 Å². The van der Waals surface area contributed by atoms with Crippen molar-refractivity contribution in [1.29, 1.82) is 0 Å². The van der Waals surface area contributed by atoms with Gasteiger partial charge in [0.25, 0.3) is 0 Å². The number of methoxy groups -OCH3 is 1. The number of hydrogen-bond acceptors (Lipinski definition) is 3. The van der Waals surface area contributed by atoms with E-state index in [-0.39, 0.29) is 16.8 Å². The molecule has 1 saturated carbocycles. The largest absolute Gasteiger partial charge is 0.469 e. The molecule has 3 nitrogen and oxygen atoms in total. The summed E-state index contributed by atoms with van der Waals surface area (Å²) < 4.78 is 4.77. The molecule has 1 aliphatic rings. The third-order valence-electron chi connectivity index (χ3n) is 3.08. The maximum atomic E-state index is 11.5. The third kappa shape index (κ3) is 1.57. The molecular formula is C10H19NO2. The highest BCUT2D eigenvalue weighted by Gasteiger charge is 2.63. The number of rotatable bonds is 2. The lowest BCUT2D eigenvalue weighted by molar-refractivity contribution is -0.147. The Labute approximate surface area is 79.6 Å². The van der Waals surface area contributed by atoms with Gasteiger partial charge in [-0.1, -0.05) is 20.8 Å². The Kier molecular flexibility index (Phi) is 2.41. The second-order valence-corrected chi connectivity index (χ2v) is 4.97. The molecule has 0 spiro atoms. The van der Waals surface area contributed by atoms with Crippen LogP contribution in [0, 0.1) is 16.7 Å². The van der Waals surface area contributed by atoms with Gasteiger partial charge in [-0.25, -0.2) is 0 Å². The Morgan fingerprint density at radius 3 is 2.38 bits per heavy atom. The van der Waals surface area contributed by atoms with E-state index in [2.05, 4.69) is 20.8 Å². The van der Waals surface area contributed by atoms with Gasteiger partial charge < -0.3 is 10.5 Å². The van der Waals surface area contributed by atoms with Crippen molar-refractivity contribution in [3.8, 4) is 0 Å². The van der Waals surface area contributed by atoms with E-state index in [1.807, 2.05) is 0 Å². The summed E-state index contributed by atoms with van der Waals surface area (Å²) in [6, 6.07) is 0. The Hall–Kier alpha value is -0.570. The molecule has 0 radical (unpaired) electrons. The summed E-state index contributed by atoms with van der Waals surface area (Å²) in [5.41, 5.74) is 5.40. The van der Waals surface area contributed by atoms with Gasteiger partial charge in [-0.15, -0.1) is 0 Å². The van der Waals surface area contributed by atoms with Crippen molar-refractivity contribution in [2.75, 3.05) is 13.7 Å². The zero-order valence-electron chi connectivity index (χ0n) is 8.89. The quantitative estimate of drug-likeness (QED) is 0.657. The fraction of sp³-hybridized carbons (Fsp3) is 0.900. The standard InChI is InChI=1S/C10H19NO2/c1-9(2,3)7-5-10(7,6-11)8(12)13-4/h7H,5-6,11H2,1-4H3/t7-,10+/m0/s1. The molecule has 2 atom stereocenters. The summed E-state index contributed by atoms with van der Waals surface area (Å²) in [4.78, 5) is 11.5. The number of esters is 1. The van der Waals surface area contributed by atoms with Crippen molar-refractivity contribution >= 4 is 5.97 Å². The van der Waals surface area contributed by atoms with E-state index in [4.69, 9.17) is 10.5 Å². The molecule has 0 aromatic rings. The number of nitrogens with two attached hydrogens (primary N) is 1. The van der Waals surface area contributed by atoms with Crippen LogP contribution >= 0.6 is 0 Å². The SMILES string of the molecule is COC(=O)[C@@]1(CN)C[C@H]1C(C)(C)C. The Bertz CT molecular complexity index is 219. The molecule has 13 heavy (non-hydrogen) atoms. The fourth-order valence-electron chi connectivity index (χ4n) is 2.18. The summed E-state index contributed by atoms with van der Waals surface area (Å²) in [5, 5.41) is 0. The first-order valence-electron chi connectivity index (χ1n) is 4.67. The highest BCUT2D eigenvalue weighted by Crippen LogP contribution is 2.60. The molecule has 0 aromatic carbocycles. The predicted molar refractivity (Wildman–Crippen MR) is 51.1 cm³/mol. The number of carbonyl (C=O) groups excluding carboxylic acids is 1. The van der Waals surface area contributed by atoms with Crippen LogP contribution in [-0.4, -0.2) is 19.6 Å². The van der Waals surface area contributed by atoms with Gasteiger partial charge in [0.05, 0.1) is 12.5 Å². The molecule has 0 aliphatic heterocycles. The normalized spacial score (nSPS) is 32.8. The molecular weight excluding hydrogens is 166 g/mol. The molecule has 1 fully saturated rings. The van der Waals surface area contributed by atoms with Gasteiger partial charge in [0, 0.05) is 6.54 Å². The number of hydrogen-bond donors (Lipinski definition) is 1. The molecule has 0 saturated heterocycles. The zero-order valence-corrected chi connectivity index (χ0v) is 8.89. The van der Waals surface area contributed by atoms with Gasteiger partial charge in [0.15, 0.2) is 0 Å². The van der Waals surface area contributed by atoms with Crippen molar-refractivity contribution in [3.63, 3.8) is 0 Å². The molecule has 0 bridgehead atoms. The smallest absolute Gasteiger partial charge is 0.313 e. The molecule has 0 aromatic heterocycles. The van der Waals surface area contributed by atoms with Crippen LogP contribution in [0.1, 0.15) is 27.2 Å². The van der Waals surface area contributed by atoms with Crippen molar-refractivity contribution in [1.82, 2.24) is 0 Å². The molecule has 1 rings (SSSR count). The van der Waals surface area contributed by atoms with E-state index in [9.17, 15) is 4.79 Å². The minimum Gasteiger partial charge on any atom is -0.469 e. The van der Waals surface area contributed by atoms with Crippen molar-refractivity contribution in [2.45, 2.75) is 27.2 Å². The fourth-order valence-corrected chi connectivity index (χ4v) is 2.18. The van der Waals surface area contributed by atoms with E-state index in [1.54, 1.807) is 0 Å². The highest BCUT2D eigenvalue weighted by molar-refractivity contribution is 5.81. The molecule has 76 valence electrons. The van der Waals surface area contributed by atoms with Gasteiger partial charge >= 0.3 is 5.97 Å². The Morgan fingerprint density at radius 1 is 1.62 bits per heavy atom. The van der Waals surface area contributed by atoms with Crippen LogP contribution in [0.3, 0.4) is 0 Å². The summed E-state index contributed by atoms with van der Waals surface area (Å²) in [6.07, 6.45) is 0.875. The average Bonchev–Trinajstić information content (AvgIpc) is 2.78. The average molecular weight is 185 g/mol. The first kappa shape index (κ1) is 10.5. The summed E-state index contributed by atoms with van der Waals surface area (Å²) >= 11 is 0. The van der Waals surface area contributed by atoms with Gasteiger partial charge in [-0.3, -0.25) is 4.79 Å². The van der Waals surface area contributed by atoms with E-state index < -0.39 is 0 Å². The zero-order chi connectivity index (χ0) is 10.3. The summed E-state index contributed by atoms with van der Waals surface area (Å²) in [5.74, 6) is 0.229.